The van der Waals surface area contributed by atoms with Gasteiger partial charge in [0.05, 0.1) is 26.1 Å². The molecule has 1 amide bonds. The summed E-state index contributed by atoms with van der Waals surface area (Å²) in [5.74, 6) is -0.821. The standard InChI is InChI=1S/C7H13NO4/c1-8-6(10)3-5(9)4-7(11)12-2/h5,9H,3-4H2,1-2H3,(H,8,10). The number of aliphatic hydroxyl groups excluding tert-OH is 1. The topological polar surface area (TPSA) is 75.6 Å². The molecule has 0 spiro atoms. The third-order valence-electron chi connectivity index (χ3n) is 1.33. The minimum absolute atomic E-state index is 0.0778. The van der Waals surface area contributed by atoms with Crippen LogP contribution in [0.15, 0.2) is 0 Å². The highest BCUT2D eigenvalue weighted by Crippen LogP contribution is 1.98. The van der Waals surface area contributed by atoms with Gasteiger partial charge in [0, 0.05) is 7.05 Å². The van der Waals surface area contributed by atoms with E-state index in [1.54, 1.807) is 0 Å². The van der Waals surface area contributed by atoms with Crippen LogP contribution in [0.5, 0.6) is 0 Å². The first-order valence-electron chi connectivity index (χ1n) is 3.55. The summed E-state index contributed by atoms with van der Waals surface area (Å²) in [5, 5.41) is 11.4. The number of ether oxygens (including phenoxy) is 1. The molecule has 0 heterocycles. The fraction of sp³-hybridized carbons (Fsp3) is 0.714. The highest BCUT2D eigenvalue weighted by atomic mass is 16.5. The molecular formula is C7H13NO4. The Labute approximate surface area is 70.7 Å². The number of nitrogens with one attached hydrogen (secondary N) is 1. The van der Waals surface area contributed by atoms with Crippen molar-refractivity contribution in [3.05, 3.63) is 0 Å². The van der Waals surface area contributed by atoms with Gasteiger partial charge in [-0.3, -0.25) is 9.59 Å². The van der Waals surface area contributed by atoms with Crippen LogP contribution in [0, 0.1) is 0 Å². The lowest BCUT2D eigenvalue weighted by molar-refractivity contribution is -0.143. The predicted molar refractivity (Wildman–Crippen MR) is 41.3 cm³/mol. The van der Waals surface area contributed by atoms with Crippen LogP contribution in [-0.2, 0) is 14.3 Å². The molecule has 0 bridgehead atoms. The van der Waals surface area contributed by atoms with E-state index < -0.39 is 12.1 Å². The zero-order valence-corrected chi connectivity index (χ0v) is 7.16. The fourth-order valence-electron chi connectivity index (χ4n) is 0.664. The van der Waals surface area contributed by atoms with E-state index in [-0.39, 0.29) is 18.7 Å². The largest absolute Gasteiger partial charge is 0.469 e. The van der Waals surface area contributed by atoms with Crippen molar-refractivity contribution in [1.29, 1.82) is 0 Å². The lowest BCUT2D eigenvalue weighted by atomic mass is 10.2. The Balaban J connectivity index is 3.66. The summed E-state index contributed by atoms with van der Waals surface area (Å²) in [6.07, 6.45) is -1.19. The summed E-state index contributed by atoms with van der Waals surface area (Å²) in [5.41, 5.74) is 0. The molecule has 0 aliphatic heterocycles. The van der Waals surface area contributed by atoms with Crippen molar-refractivity contribution >= 4 is 11.9 Å². The Kier molecular flexibility index (Phi) is 5.03. The molecule has 5 nitrogen and oxygen atoms in total. The highest BCUT2D eigenvalue weighted by molar-refractivity contribution is 5.77. The molecule has 0 aliphatic carbocycles. The van der Waals surface area contributed by atoms with Gasteiger partial charge in [-0.1, -0.05) is 0 Å². The van der Waals surface area contributed by atoms with Crippen LogP contribution in [-0.4, -0.2) is 37.2 Å². The van der Waals surface area contributed by atoms with Crippen molar-refractivity contribution in [2.75, 3.05) is 14.2 Å². The number of methoxy groups -OCH3 is 1. The molecule has 2 N–H and O–H groups in total. The SMILES string of the molecule is CNC(=O)CC(O)CC(=O)OC. The number of rotatable bonds is 4. The van der Waals surface area contributed by atoms with Gasteiger partial charge in [0.15, 0.2) is 0 Å². The van der Waals surface area contributed by atoms with Gasteiger partial charge in [-0.2, -0.15) is 0 Å². The molecule has 0 fully saturated rings. The van der Waals surface area contributed by atoms with E-state index in [0.29, 0.717) is 0 Å². The van der Waals surface area contributed by atoms with Gasteiger partial charge in [-0.15, -0.1) is 0 Å². The van der Waals surface area contributed by atoms with Gasteiger partial charge in [0.25, 0.3) is 0 Å². The molecule has 0 radical (unpaired) electrons. The third kappa shape index (κ3) is 4.68. The molecule has 12 heavy (non-hydrogen) atoms. The highest BCUT2D eigenvalue weighted by Gasteiger charge is 2.13. The molecule has 5 heteroatoms. The smallest absolute Gasteiger partial charge is 0.308 e. The van der Waals surface area contributed by atoms with Gasteiger partial charge in [0.2, 0.25) is 5.91 Å². The van der Waals surface area contributed by atoms with Crippen molar-refractivity contribution in [3.8, 4) is 0 Å². The summed E-state index contributed by atoms with van der Waals surface area (Å²) in [7, 11) is 2.70. The van der Waals surface area contributed by atoms with Crippen LogP contribution in [0.4, 0.5) is 0 Å². The van der Waals surface area contributed by atoms with E-state index in [1.165, 1.54) is 14.2 Å². The monoisotopic (exact) mass is 175 g/mol. The number of carbonyl (C=O) groups excluding carboxylic acids is 2. The van der Waals surface area contributed by atoms with Gasteiger partial charge < -0.3 is 15.2 Å². The van der Waals surface area contributed by atoms with Crippen LogP contribution >= 0.6 is 0 Å². The Morgan fingerprint density at radius 2 is 2.08 bits per heavy atom. The van der Waals surface area contributed by atoms with E-state index in [1.807, 2.05) is 0 Å². The summed E-state index contributed by atoms with van der Waals surface area (Å²) >= 11 is 0. The zero-order chi connectivity index (χ0) is 9.56. The Morgan fingerprint density at radius 3 is 2.50 bits per heavy atom. The molecule has 0 saturated carbocycles. The molecule has 0 aromatic heterocycles. The average molecular weight is 175 g/mol. The second-order valence-corrected chi connectivity index (χ2v) is 2.31. The number of esters is 1. The molecule has 0 aromatic rings. The molecule has 0 rings (SSSR count). The fourth-order valence-corrected chi connectivity index (χ4v) is 0.664. The lowest BCUT2D eigenvalue weighted by Crippen LogP contribution is -2.25. The van der Waals surface area contributed by atoms with E-state index >= 15 is 0 Å². The number of amides is 1. The molecule has 1 atom stereocenters. The maximum absolute atomic E-state index is 10.7. The first-order chi connectivity index (χ1) is 5.60. The summed E-state index contributed by atoms with van der Waals surface area (Å²) in [4.78, 5) is 21.2. The molecule has 0 saturated heterocycles. The minimum atomic E-state index is -0.961. The van der Waals surface area contributed by atoms with Gasteiger partial charge >= 0.3 is 5.97 Å². The van der Waals surface area contributed by atoms with Crippen molar-refractivity contribution in [3.63, 3.8) is 0 Å². The minimum Gasteiger partial charge on any atom is -0.469 e. The van der Waals surface area contributed by atoms with E-state index in [4.69, 9.17) is 5.11 Å². The normalized spacial score (nSPS) is 11.9. The maximum Gasteiger partial charge on any atom is 0.308 e. The van der Waals surface area contributed by atoms with E-state index in [0.717, 1.165) is 0 Å². The molecular weight excluding hydrogens is 162 g/mol. The van der Waals surface area contributed by atoms with Crippen molar-refractivity contribution < 1.29 is 19.4 Å². The number of hydrogen-bond donors (Lipinski definition) is 2. The third-order valence-corrected chi connectivity index (χ3v) is 1.33. The number of aliphatic hydroxyl groups is 1. The van der Waals surface area contributed by atoms with E-state index in [9.17, 15) is 9.59 Å². The van der Waals surface area contributed by atoms with Crippen LogP contribution in [0.25, 0.3) is 0 Å². The van der Waals surface area contributed by atoms with Crippen molar-refractivity contribution in [2.45, 2.75) is 18.9 Å². The second kappa shape index (κ2) is 5.54. The van der Waals surface area contributed by atoms with Crippen LogP contribution in [0.3, 0.4) is 0 Å². The van der Waals surface area contributed by atoms with Crippen LogP contribution in [0.2, 0.25) is 0 Å². The first kappa shape index (κ1) is 10.9. The summed E-state index contributed by atoms with van der Waals surface area (Å²) < 4.78 is 4.31. The molecule has 70 valence electrons. The van der Waals surface area contributed by atoms with Gasteiger partial charge in [-0.25, -0.2) is 0 Å². The predicted octanol–water partition coefficient (Wildman–Crippen LogP) is -0.953. The van der Waals surface area contributed by atoms with Crippen molar-refractivity contribution in [2.24, 2.45) is 0 Å². The Hall–Kier alpha value is -1.10. The lowest BCUT2D eigenvalue weighted by Gasteiger charge is -2.06. The van der Waals surface area contributed by atoms with Crippen LogP contribution < -0.4 is 5.32 Å². The average Bonchev–Trinajstić information content (AvgIpc) is 2.03. The Bertz CT molecular complexity index is 151. The summed E-state index contributed by atoms with van der Waals surface area (Å²) in [6.45, 7) is 0. The first-order valence-corrected chi connectivity index (χ1v) is 3.55. The second-order valence-electron chi connectivity index (χ2n) is 2.31. The summed E-state index contributed by atoms with van der Waals surface area (Å²) in [6, 6.07) is 0. The molecule has 1 unspecified atom stereocenters. The van der Waals surface area contributed by atoms with E-state index in [2.05, 4.69) is 10.1 Å². The Morgan fingerprint density at radius 1 is 1.50 bits per heavy atom. The van der Waals surface area contributed by atoms with Gasteiger partial charge in [-0.05, 0) is 0 Å². The number of carbonyl (C=O) groups is 2. The van der Waals surface area contributed by atoms with Crippen LogP contribution in [0.1, 0.15) is 12.8 Å². The molecule has 0 aliphatic rings. The maximum atomic E-state index is 10.7. The van der Waals surface area contributed by atoms with Gasteiger partial charge in [0.1, 0.15) is 0 Å². The number of hydrogen-bond acceptors (Lipinski definition) is 4. The van der Waals surface area contributed by atoms with Crippen molar-refractivity contribution in [1.82, 2.24) is 5.32 Å². The zero-order valence-electron chi connectivity index (χ0n) is 7.16. The quantitative estimate of drug-likeness (QED) is 0.540. The molecule has 0 aromatic carbocycles.